The third-order valence-corrected chi connectivity index (χ3v) is 2.48. The average molecular weight is 210 g/mol. The molecule has 0 saturated carbocycles. The second-order valence-electron chi connectivity index (χ2n) is 4.29. The zero-order chi connectivity index (χ0) is 10.9. The van der Waals surface area contributed by atoms with E-state index in [1.807, 2.05) is 31.2 Å². The lowest BCUT2D eigenvalue weighted by molar-refractivity contribution is -0.0354. The fraction of sp³-hybridized carbons (Fsp3) is 0.667. The monoisotopic (exact) mass is 210 g/mol. The van der Waals surface area contributed by atoms with Gasteiger partial charge in [0.2, 0.25) is 0 Å². The van der Waals surface area contributed by atoms with E-state index in [2.05, 4.69) is 13.8 Å². The van der Waals surface area contributed by atoms with Gasteiger partial charge in [-0.1, -0.05) is 26.0 Å². The van der Waals surface area contributed by atoms with Crippen LogP contribution in [-0.2, 0) is 14.2 Å². The summed E-state index contributed by atoms with van der Waals surface area (Å²) >= 11 is 0. The van der Waals surface area contributed by atoms with Crippen LogP contribution < -0.4 is 0 Å². The number of rotatable bonds is 5. The van der Waals surface area contributed by atoms with Gasteiger partial charge in [0.25, 0.3) is 11.6 Å². The van der Waals surface area contributed by atoms with Crippen LogP contribution in [0.2, 0.25) is 0 Å². The Morgan fingerprint density at radius 3 is 2.27 bits per heavy atom. The molecule has 1 fully saturated rings. The fourth-order valence-electron chi connectivity index (χ4n) is 1.73. The van der Waals surface area contributed by atoms with Crippen LogP contribution in [0.25, 0.3) is 0 Å². The van der Waals surface area contributed by atoms with E-state index in [-0.39, 0.29) is 0 Å². The molecule has 2 aliphatic rings. The molecular formula is C12H18O3. The summed E-state index contributed by atoms with van der Waals surface area (Å²) in [5.74, 6) is -0.838. The summed E-state index contributed by atoms with van der Waals surface area (Å²) in [6.07, 6.45) is 7.70. The Balaban J connectivity index is 2.03. The molecule has 0 bridgehead atoms. The summed E-state index contributed by atoms with van der Waals surface area (Å²) in [5, 5.41) is 0. The summed E-state index contributed by atoms with van der Waals surface area (Å²) in [6.45, 7) is 7.47. The predicted octanol–water partition coefficient (Wildman–Crippen LogP) is 2.24. The van der Waals surface area contributed by atoms with Crippen molar-refractivity contribution in [2.45, 2.75) is 32.3 Å². The first kappa shape index (κ1) is 10.9. The van der Waals surface area contributed by atoms with Crippen molar-refractivity contribution in [3.63, 3.8) is 0 Å². The number of allylic oxidation sites excluding steroid dienone is 2. The van der Waals surface area contributed by atoms with Crippen molar-refractivity contribution in [3.05, 3.63) is 24.3 Å². The molecule has 0 aromatic carbocycles. The van der Waals surface area contributed by atoms with Crippen molar-refractivity contribution in [2.75, 3.05) is 13.2 Å². The lowest BCUT2D eigenvalue weighted by Gasteiger charge is -2.18. The third kappa shape index (κ3) is 1.75. The highest BCUT2D eigenvalue weighted by Crippen LogP contribution is 2.53. The fourth-order valence-corrected chi connectivity index (χ4v) is 1.73. The van der Waals surface area contributed by atoms with Crippen molar-refractivity contribution in [3.8, 4) is 0 Å². The Kier molecular flexibility index (Phi) is 2.71. The first-order valence-corrected chi connectivity index (χ1v) is 5.49. The lowest BCUT2D eigenvalue weighted by Crippen LogP contribution is -2.30. The first-order valence-electron chi connectivity index (χ1n) is 5.49. The number of ether oxygens (including phenoxy) is 3. The molecule has 1 saturated heterocycles. The molecule has 0 aromatic heterocycles. The molecule has 2 rings (SSSR count). The smallest absolute Gasteiger partial charge is 0.251 e. The van der Waals surface area contributed by atoms with E-state index < -0.39 is 11.6 Å². The van der Waals surface area contributed by atoms with Gasteiger partial charge in [0.1, 0.15) is 0 Å². The molecule has 1 aliphatic heterocycles. The summed E-state index contributed by atoms with van der Waals surface area (Å²) in [7, 11) is 0. The second kappa shape index (κ2) is 3.74. The maximum atomic E-state index is 5.78. The molecule has 15 heavy (non-hydrogen) atoms. The van der Waals surface area contributed by atoms with Gasteiger partial charge < -0.3 is 9.47 Å². The molecule has 0 radical (unpaired) electrons. The maximum Gasteiger partial charge on any atom is 0.251 e. The Hall–Kier alpha value is -0.640. The number of hydrogen-bond donors (Lipinski definition) is 0. The maximum absolute atomic E-state index is 5.78. The molecule has 0 spiro atoms. The number of fused-ring (bicyclic) bond motifs is 1. The molecular weight excluding hydrogens is 192 g/mol. The van der Waals surface area contributed by atoms with Crippen LogP contribution in [0.15, 0.2) is 24.3 Å². The van der Waals surface area contributed by atoms with Crippen LogP contribution in [0.5, 0.6) is 0 Å². The Bertz CT molecular complexity index is 295. The van der Waals surface area contributed by atoms with Crippen LogP contribution in [-0.4, -0.2) is 24.8 Å². The quantitative estimate of drug-likeness (QED) is 0.652. The highest BCUT2D eigenvalue weighted by Gasteiger charge is 2.71. The van der Waals surface area contributed by atoms with Crippen molar-refractivity contribution >= 4 is 0 Å². The number of hydrogen-bond acceptors (Lipinski definition) is 3. The van der Waals surface area contributed by atoms with Gasteiger partial charge in [-0.2, -0.15) is 0 Å². The van der Waals surface area contributed by atoms with Gasteiger partial charge in [-0.15, -0.1) is 0 Å². The van der Waals surface area contributed by atoms with Crippen molar-refractivity contribution in [1.82, 2.24) is 0 Å². The van der Waals surface area contributed by atoms with Gasteiger partial charge in [-0.3, -0.25) is 4.74 Å². The Morgan fingerprint density at radius 2 is 1.73 bits per heavy atom. The van der Waals surface area contributed by atoms with Gasteiger partial charge in [0.15, 0.2) is 0 Å². The van der Waals surface area contributed by atoms with E-state index in [1.165, 1.54) is 0 Å². The zero-order valence-corrected chi connectivity index (χ0v) is 9.53. The normalized spacial score (nSPS) is 37.1. The molecule has 0 amide bonds. The van der Waals surface area contributed by atoms with E-state index in [0.29, 0.717) is 19.1 Å². The zero-order valence-electron chi connectivity index (χ0n) is 9.53. The van der Waals surface area contributed by atoms with Crippen LogP contribution in [0, 0.1) is 5.92 Å². The first-order chi connectivity index (χ1) is 7.14. The SMILES string of the molecule is CCOC12C=CC=CC1(OCC(C)C)O2. The largest absolute Gasteiger partial charge is 0.342 e. The third-order valence-electron chi connectivity index (χ3n) is 2.48. The van der Waals surface area contributed by atoms with Crippen LogP contribution in [0.1, 0.15) is 20.8 Å². The summed E-state index contributed by atoms with van der Waals surface area (Å²) in [5.41, 5.74) is 0. The van der Waals surface area contributed by atoms with Crippen molar-refractivity contribution in [1.29, 1.82) is 0 Å². The van der Waals surface area contributed by atoms with Crippen molar-refractivity contribution < 1.29 is 14.2 Å². The standard InChI is InChI=1S/C12H18O3/c1-4-13-11-7-5-6-8-12(11,15-11)14-9-10(2)3/h5-8,10H,4,9H2,1-3H3. The number of epoxide rings is 1. The average Bonchev–Trinajstić information content (AvgIpc) is 2.85. The minimum Gasteiger partial charge on any atom is -0.342 e. The molecule has 0 aromatic rings. The topological polar surface area (TPSA) is 31.0 Å². The van der Waals surface area contributed by atoms with Crippen LogP contribution >= 0.6 is 0 Å². The van der Waals surface area contributed by atoms with E-state index in [1.54, 1.807) is 0 Å². The molecule has 0 N–H and O–H groups in total. The molecule has 2 unspecified atom stereocenters. The highest BCUT2D eigenvalue weighted by atomic mass is 16.9. The summed E-state index contributed by atoms with van der Waals surface area (Å²) < 4.78 is 17.0. The van der Waals surface area contributed by atoms with Gasteiger partial charge in [0, 0.05) is 6.61 Å². The van der Waals surface area contributed by atoms with E-state index in [0.717, 1.165) is 0 Å². The van der Waals surface area contributed by atoms with E-state index >= 15 is 0 Å². The second-order valence-corrected chi connectivity index (χ2v) is 4.29. The van der Waals surface area contributed by atoms with Gasteiger partial charge in [-0.05, 0) is 25.0 Å². The summed E-state index contributed by atoms with van der Waals surface area (Å²) in [6, 6.07) is 0. The van der Waals surface area contributed by atoms with Gasteiger partial charge in [-0.25, -0.2) is 0 Å². The highest BCUT2D eigenvalue weighted by molar-refractivity contribution is 5.32. The van der Waals surface area contributed by atoms with Gasteiger partial charge >= 0.3 is 0 Å². The van der Waals surface area contributed by atoms with E-state index in [9.17, 15) is 0 Å². The predicted molar refractivity (Wildman–Crippen MR) is 57.2 cm³/mol. The molecule has 3 nitrogen and oxygen atoms in total. The van der Waals surface area contributed by atoms with Crippen molar-refractivity contribution in [2.24, 2.45) is 5.92 Å². The Morgan fingerprint density at radius 1 is 1.13 bits per heavy atom. The summed E-state index contributed by atoms with van der Waals surface area (Å²) in [4.78, 5) is 0. The lowest BCUT2D eigenvalue weighted by atomic mass is 10.1. The Labute approximate surface area is 90.7 Å². The van der Waals surface area contributed by atoms with E-state index in [4.69, 9.17) is 14.2 Å². The van der Waals surface area contributed by atoms with Crippen LogP contribution in [0.3, 0.4) is 0 Å². The minimum atomic E-state index is -0.665. The van der Waals surface area contributed by atoms with Gasteiger partial charge in [0.05, 0.1) is 6.61 Å². The molecule has 1 aliphatic carbocycles. The molecule has 2 atom stereocenters. The molecule has 1 heterocycles. The molecule has 84 valence electrons. The minimum absolute atomic E-state index is 0.488. The van der Waals surface area contributed by atoms with Crippen LogP contribution in [0.4, 0.5) is 0 Å². The molecule has 3 heteroatoms.